The fourth-order valence-electron chi connectivity index (χ4n) is 10.7. The minimum Gasteiger partial charge on any atom is -0.341 e. The molecule has 4 saturated carbocycles. The van der Waals surface area contributed by atoms with Crippen molar-refractivity contribution < 1.29 is 19.2 Å². The van der Waals surface area contributed by atoms with Crippen LogP contribution < -0.4 is 0 Å². The molecule has 4 aliphatic heterocycles. The van der Waals surface area contributed by atoms with Crippen molar-refractivity contribution >= 4 is 23.8 Å². The van der Waals surface area contributed by atoms with Gasteiger partial charge in [0.1, 0.15) is 0 Å². The average Bonchev–Trinajstić information content (AvgIpc) is 3.51. The Morgan fingerprint density at radius 1 is 0.473 bits per heavy atom. The maximum atomic E-state index is 12.9. The lowest BCUT2D eigenvalue weighted by atomic mass is 9.86. The largest absolute Gasteiger partial charge is 0.341 e. The number of likely N-dealkylation sites (tertiary alicyclic amines) is 2. The van der Waals surface area contributed by atoms with Crippen molar-refractivity contribution in [3.63, 3.8) is 0 Å². The van der Waals surface area contributed by atoms with E-state index in [1.807, 2.05) is 21.7 Å². The van der Waals surface area contributed by atoms with Gasteiger partial charge in [0.05, 0.1) is 11.8 Å². The first kappa shape index (κ1) is 40.8. The van der Waals surface area contributed by atoms with Gasteiger partial charge >= 0.3 is 6.03 Å². The van der Waals surface area contributed by atoms with Crippen LogP contribution in [0.15, 0.2) is 0 Å². The second kappa shape index (κ2) is 19.8. The van der Waals surface area contributed by atoms with Crippen LogP contribution in [0.3, 0.4) is 0 Å². The van der Waals surface area contributed by atoms with Gasteiger partial charge in [0.2, 0.25) is 17.7 Å². The molecule has 0 aromatic rings. The summed E-state index contributed by atoms with van der Waals surface area (Å²) < 4.78 is 0. The summed E-state index contributed by atoms with van der Waals surface area (Å²) in [5.41, 5.74) is 0. The smallest absolute Gasteiger partial charge is 0.319 e. The standard InChI is InChI=1S/C22H38N4O2.C22H37N3O2/c1-23(15-18-7-3-2-4-8-18)22(28)26-16-19(17-26)21(27)25-12-6-11-24(13-14-25)20-9-5-10-20;26-21(11-10-18-6-2-1-3-7-18)25-16-19(17-25)22(27)24-13-5-12-23(14-15-24)20-8-4-9-20/h18-20H,2-17H2,1H3;18-20H,1-17H2. The zero-order chi connectivity index (χ0) is 38.1. The number of hydrogen-bond donors (Lipinski definition) is 0. The number of carbonyl (C=O) groups is 4. The summed E-state index contributed by atoms with van der Waals surface area (Å²) in [6.07, 6.45) is 25.1. The van der Waals surface area contributed by atoms with Gasteiger partial charge in [0.25, 0.3) is 0 Å². The van der Waals surface area contributed by atoms with Gasteiger partial charge in [-0.3, -0.25) is 24.2 Å². The molecule has 0 aromatic carbocycles. The van der Waals surface area contributed by atoms with E-state index < -0.39 is 0 Å². The van der Waals surface area contributed by atoms with Crippen molar-refractivity contribution in [2.75, 3.05) is 92.1 Å². The van der Waals surface area contributed by atoms with Gasteiger partial charge in [-0.2, -0.15) is 0 Å². The van der Waals surface area contributed by atoms with Crippen molar-refractivity contribution in [2.24, 2.45) is 23.7 Å². The Labute approximate surface area is 332 Å². The predicted octanol–water partition coefficient (Wildman–Crippen LogP) is 5.53. The number of carbonyl (C=O) groups excluding carboxylic acids is 4. The van der Waals surface area contributed by atoms with Crippen LogP contribution in [0.1, 0.15) is 128 Å². The number of rotatable bonds is 9. The molecule has 8 fully saturated rings. The molecule has 0 atom stereocenters. The Morgan fingerprint density at radius 2 is 0.945 bits per heavy atom. The average molecular weight is 766 g/mol. The van der Waals surface area contributed by atoms with Crippen molar-refractivity contribution in [3.8, 4) is 0 Å². The summed E-state index contributed by atoms with van der Waals surface area (Å²) >= 11 is 0. The highest BCUT2D eigenvalue weighted by Crippen LogP contribution is 2.31. The summed E-state index contributed by atoms with van der Waals surface area (Å²) in [5.74, 6) is 2.34. The molecule has 4 saturated heterocycles. The van der Waals surface area contributed by atoms with Crippen LogP contribution in [-0.2, 0) is 14.4 Å². The van der Waals surface area contributed by atoms with E-state index in [0.717, 1.165) is 96.2 Å². The molecular formula is C44H75N7O4. The number of nitrogens with zero attached hydrogens (tertiary/aromatic N) is 7. The second-order valence-corrected chi connectivity index (χ2v) is 18.9. The van der Waals surface area contributed by atoms with Gasteiger partial charge in [0.15, 0.2) is 0 Å². The van der Waals surface area contributed by atoms with Crippen molar-refractivity contribution in [2.45, 2.75) is 141 Å². The molecule has 11 nitrogen and oxygen atoms in total. The van der Waals surface area contributed by atoms with Crippen LogP contribution in [0.2, 0.25) is 0 Å². The molecule has 8 aliphatic rings. The highest BCUT2D eigenvalue weighted by atomic mass is 16.2. The van der Waals surface area contributed by atoms with Gasteiger partial charge in [-0.25, -0.2) is 4.79 Å². The summed E-state index contributed by atoms with van der Waals surface area (Å²) in [5, 5.41) is 0. The molecule has 0 aromatic heterocycles. The van der Waals surface area contributed by atoms with E-state index in [1.165, 1.54) is 103 Å². The Morgan fingerprint density at radius 3 is 1.42 bits per heavy atom. The Kier molecular flexibility index (Phi) is 14.7. The third kappa shape index (κ3) is 10.8. The quantitative estimate of drug-likeness (QED) is 0.307. The van der Waals surface area contributed by atoms with E-state index in [0.29, 0.717) is 44.4 Å². The summed E-state index contributed by atoms with van der Waals surface area (Å²) in [6, 6.07) is 1.66. The molecule has 11 heteroatoms. The second-order valence-electron chi connectivity index (χ2n) is 18.9. The van der Waals surface area contributed by atoms with Crippen LogP contribution in [0.25, 0.3) is 0 Å². The van der Waals surface area contributed by atoms with Crippen LogP contribution in [0, 0.1) is 23.7 Å². The summed E-state index contributed by atoms with van der Waals surface area (Å²) in [7, 11) is 1.93. The summed E-state index contributed by atoms with van der Waals surface area (Å²) in [4.78, 5) is 65.8. The zero-order valence-corrected chi connectivity index (χ0v) is 34.6. The SMILES string of the molecule is CN(CC1CCCCC1)C(=O)N1CC(C(=O)N2CCCN(C3CCC3)CC2)C1.O=C(CCC1CCCCC1)N1CC(C(=O)N2CCCN(C3CCC3)CC2)C1. The minimum atomic E-state index is 0.0160. The van der Waals surface area contributed by atoms with Gasteiger partial charge in [-0.05, 0) is 69.6 Å². The Balaban J connectivity index is 0.000000169. The molecule has 55 heavy (non-hydrogen) atoms. The van der Waals surface area contributed by atoms with Gasteiger partial charge < -0.3 is 24.5 Å². The lowest BCUT2D eigenvalue weighted by molar-refractivity contribution is -0.148. The predicted molar refractivity (Wildman–Crippen MR) is 216 cm³/mol. The zero-order valence-electron chi connectivity index (χ0n) is 34.6. The number of urea groups is 1. The normalized spacial score (nSPS) is 26.1. The lowest BCUT2D eigenvalue weighted by Crippen LogP contribution is -2.59. The van der Waals surface area contributed by atoms with E-state index in [4.69, 9.17) is 0 Å². The molecule has 310 valence electrons. The van der Waals surface area contributed by atoms with E-state index in [2.05, 4.69) is 19.6 Å². The van der Waals surface area contributed by atoms with Crippen LogP contribution in [0.5, 0.6) is 0 Å². The highest BCUT2D eigenvalue weighted by molar-refractivity contribution is 5.85. The van der Waals surface area contributed by atoms with Gasteiger partial charge in [0, 0.05) is 111 Å². The molecule has 5 amide bonds. The molecule has 8 rings (SSSR count). The fraction of sp³-hybridized carbons (Fsp3) is 0.909. The first-order valence-corrected chi connectivity index (χ1v) is 23.2. The Bertz CT molecular complexity index is 1270. The lowest BCUT2D eigenvalue weighted by Gasteiger charge is -2.42. The molecule has 4 heterocycles. The van der Waals surface area contributed by atoms with Gasteiger partial charge in [-0.15, -0.1) is 0 Å². The van der Waals surface area contributed by atoms with Gasteiger partial charge in [-0.1, -0.05) is 64.2 Å². The van der Waals surface area contributed by atoms with E-state index >= 15 is 0 Å². The van der Waals surface area contributed by atoms with E-state index in [9.17, 15) is 19.2 Å². The first-order chi connectivity index (χ1) is 26.8. The fourth-order valence-corrected chi connectivity index (χ4v) is 10.7. The molecule has 0 bridgehead atoms. The maximum Gasteiger partial charge on any atom is 0.319 e. The number of amides is 5. The minimum absolute atomic E-state index is 0.0160. The first-order valence-electron chi connectivity index (χ1n) is 23.2. The maximum absolute atomic E-state index is 12.9. The number of hydrogen-bond acceptors (Lipinski definition) is 6. The molecule has 0 radical (unpaired) electrons. The molecule has 0 spiro atoms. The molecular weight excluding hydrogens is 691 g/mol. The third-order valence-corrected chi connectivity index (χ3v) is 15.0. The molecule has 4 aliphatic carbocycles. The van der Waals surface area contributed by atoms with Crippen LogP contribution >= 0.6 is 0 Å². The topological polar surface area (TPSA) is 91.0 Å². The van der Waals surface area contributed by atoms with Crippen molar-refractivity contribution in [1.29, 1.82) is 0 Å². The van der Waals surface area contributed by atoms with Crippen LogP contribution in [-0.4, -0.2) is 162 Å². The molecule has 0 unspecified atom stereocenters. The van der Waals surface area contributed by atoms with E-state index in [1.54, 1.807) is 0 Å². The van der Waals surface area contributed by atoms with E-state index in [-0.39, 0.29) is 29.7 Å². The van der Waals surface area contributed by atoms with Crippen LogP contribution in [0.4, 0.5) is 4.79 Å². The Hall–Kier alpha value is -2.40. The van der Waals surface area contributed by atoms with Crippen molar-refractivity contribution in [3.05, 3.63) is 0 Å². The summed E-state index contributed by atoms with van der Waals surface area (Å²) in [6.45, 7) is 11.3. The molecule has 0 N–H and O–H groups in total. The highest BCUT2D eigenvalue weighted by Gasteiger charge is 2.41. The third-order valence-electron chi connectivity index (χ3n) is 15.0. The van der Waals surface area contributed by atoms with Crippen molar-refractivity contribution in [1.82, 2.24) is 34.3 Å². The monoisotopic (exact) mass is 766 g/mol.